The summed E-state index contributed by atoms with van der Waals surface area (Å²) >= 11 is 0. The van der Waals surface area contributed by atoms with Crippen LogP contribution in [0.2, 0.25) is 0 Å². The lowest BCUT2D eigenvalue weighted by Crippen LogP contribution is -2.41. The van der Waals surface area contributed by atoms with Crippen LogP contribution in [0.4, 0.5) is 11.4 Å². The van der Waals surface area contributed by atoms with E-state index in [1.807, 2.05) is 6.92 Å². The zero-order valence-corrected chi connectivity index (χ0v) is 17.5. The van der Waals surface area contributed by atoms with Crippen LogP contribution in [-0.4, -0.2) is 52.3 Å². The van der Waals surface area contributed by atoms with Gasteiger partial charge in [0.05, 0.1) is 15.5 Å². The number of nitrogens with two attached hydrogens (primary N) is 1. The molecular weight excluding hydrogens is 428 g/mol. The molecule has 0 saturated carbocycles. The standard InChI is InChI=1S/C18H22N6O6S/c1-2-22-11-15(16(21-22)17(19)25)20-18(26)12-7-9-23(10-8-12)31(29,30)14-5-3-13(4-6-14)24(27)28/h3-6,11-12H,2,7-10H2,1H3,(H2,19,25)(H,20,26). The van der Waals surface area contributed by atoms with E-state index in [9.17, 15) is 28.1 Å². The van der Waals surface area contributed by atoms with Crippen molar-refractivity contribution in [3.05, 3.63) is 46.3 Å². The minimum atomic E-state index is -3.83. The number of nitrogens with zero attached hydrogens (tertiary/aromatic N) is 4. The molecule has 1 aliphatic heterocycles. The van der Waals surface area contributed by atoms with E-state index in [4.69, 9.17) is 5.73 Å². The molecule has 1 saturated heterocycles. The quantitative estimate of drug-likeness (QED) is 0.467. The fourth-order valence-corrected chi connectivity index (χ4v) is 4.81. The molecule has 0 atom stereocenters. The van der Waals surface area contributed by atoms with Crippen LogP contribution in [0.15, 0.2) is 35.4 Å². The number of hydrogen-bond donors (Lipinski definition) is 2. The first-order chi connectivity index (χ1) is 14.6. The molecule has 31 heavy (non-hydrogen) atoms. The van der Waals surface area contributed by atoms with Crippen LogP contribution in [0.5, 0.6) is 0 Å². The molecule has 13 heteroatoms. The first kappa shape index (κ1) is 22.4. The van der Waals surface area contributed by atoms with Crippen molar-refractivity contribution >= 4 is 33.2 Å². The summed E-state index contributed by atoms with van der Waals surface area (Å²) in [4.78, 5) is 34.3. The van der Waals surface area contributed by atoms with Crippen molar-refractivity contribution in [1.82, 2.24) is 14.1 Å². The number of carbonyl (C=O) groups excluding carboxylic acids is 2. The third-order valence-corrected chi connectivity index (χ3v) is 7.00. The fourth-order valence-electron chi connectivity index (χ4n) is 3.34. The predicted molar refractivity (Wildman–Crippen MR) is 110 cm³/mol. The molecule has 0 aliphatic carbocycles. The largest absolute Gasteiger partial charge is 0.364 e. The number of piperidine rings is 1. The normalized spacial score (nSPS) is 15.5. The number of aryl methyl sites for hydroxylation is 1. The van der Waals surface area contributed by atoms with E-state index in [0.717, 1.165) is 12.1 Å². The fraction of sp³-hybridized carbons (Fsp3) is 0.389. The number of non-ortho nitro benzene ring substituents is 1. The first-order valence-corrected chi connectivity index (χ1v) is 11.0. The summed E-state index contributed by atoms with van der Waals surface area (Å²) in [6, 6.07) is 4.67. The highest BCUT2D eigenvalue weighted by atomic mass is 32.2. The Labute approximate surface area is 178 Å². The van der Waals surface area contributed by atoms with Gasteiger partial charge in [-0.1, -0.05) is 0 Å². The molecule has 0 bridgehead atoms. The zero-order chi connectivity index (χ0) is 22.8. The van der Waals surface area contributed by atoms with Crippen molar-refractivity contribution in [3.8, 4) is 0 Å². The van der Waals surface area contributed by atoms with Crippen LogP contribution < -0.4 is 11.1 Å². The van der Waals surface area contributed by atoms with Crippen molar-refractivity contribution in [1.29, 1.82) is 0 Å². The van der Waals surface area contributed by atoms with Crippen molar-refractivity contribution in [2.75, 3.05) is 18.4 Å². The van der Waals surface area contributed by atoms with Crippen LogP contribution in [-0.2, 0) is 21.4 Å². The van der Waals surface area contributed by atoms with Gasteiger partial charge in [0.1, 0.15) is 0 Å². The van der Waals surface area contributed by atoms with Gasteiger partial charge in [-0.3, -0.25) is 24.4 Å². The lowest BCUT2D eigenvalue weighted by Gasteiger charge is -2.30. The van der Waals surface area contributed by atoms with Crippen LogP contribution >= 0.6 is 0 Å². The molecule has 2 aromatic rings. The van der Waals surface area contributed by atoms with E-state index in [1.54, 1.807) is 0 Å². The lowest BCUT2D eigenvalue weighted by atomic mass is 9.97. The highest BCUT2D eigenvalue weighted by Gasteiger charge is 2.33. The molecule has 1 aromatic carbocycles. The van der Waals surface area contributed by atoms with Crippen molar-refractivity contribution in [2.45, 2.75) is 31.2 Å². The highest BCUT2D eigenvalue weighted by Crippen LogP contribution is 2.26. The van der Waals surface area contributed by atoms with E-state index in [0.29, 0.717) is 6.54 Å². The summed E-state index contributed by atoms with van der Waals surface area (Å²) in [5, 5.41) is 17.4. The van der Waals surface area contributed by atoms with Gasteiger partial charge in [0.15, 0.2) is 5.69 Å². The number of aromatic nitrogens is 2. The average molecular weight is 450 g/mol. The number of carbonyl (C=O) groups is 2. The number of primary amides is 1. The molecule has 0 radical (unpaired) electrons. The number of hydrogen-bond acceptors (Lipinski definition) is 7. The number of nitro benzene ring substituents is 1. The second kappa shape index (κ2) is 8.81. The molecule has 0 unspecified atom stereocenters. The summed E-state index contributed by atoms with van der Waals surface area (Å²) in [7, 11) is -3.83. The van der Waals surface area contributed by atoms with E-state index < -0.39 is 26.8 Å². The summed E-state index contributed by atoms with van der Waals surface area (Å²) in [6.07, 6.45) is 2.09. The molecule has 3 rings (SSSR count). The molecule has 2 amide bonds. The number of nitro groups is 1. The van der Waals surface area contributed by atoms with Crippen LogP contribution in [0.25, 0.3) is 0 Å². The summed E-state index contributed by atoms with van der Waals surface area (Å²) in [5.74, 6) is -1.55. The Bertz CT molecular complexity index is 1100. The van der Waals surface area contributed by atoms with Gasteiger partial charge in [-0.05, 0) is 31.9 Å². The summed E-state index contributed by atoms with van der Waals surface area (Å²) < 4.78 is 28.3. The van der Waals surface area contributed by atoms with Gasteiger partial charge in [-0.2, -0.15) is 9.40 Å². The molecule has 1 fully saturated rings. The van der Waals surface area contributed by atoms with Gasteiger partial charge in [-0.15, -0.1) is 0 Å². The third kappa shape index (κ3) is 4.72. The second-order valence-corrected chi connectivity index (χ2v) is 8.97. The van der Waals surface area contributed by atoms with Gasteiger partial charge in [0.25, 0.3) is 11.6 Å². The van der Waals surface area contributed by atoms with Crippen molar-refractivity contribution in [3.63, 3.8) is 0 Å². The number of rotatable bonds is 7. The van der Waals surface area contributed by atoms with Gasteiger partial charge < -0.3 is 11.1 Å². The number of nitrogens with one attached hydrogen (secondary N) is 1. The topological polar surface area (TPSA) is 171 Å². The Morgan fingerprint density at radius 2 is 1.87 bits per heavy atom. The van der Waals surface area contributed by atoms with E-state index in [1.165, 1.54) is 27.3 Å². The van der Waals surface area contributed by atoms with Crippen LogP contribution in [0.3, 0.4) is 0 Å². The third-order valence-electron chi connectivity index (χ3n) is 5.09. The predicted octanol–water partition coefficient (Wildman–Crippen LogP) is 0.949. The monoisotopic (exact) mass is 450 g/mol. The number of amides is 2. The molecule has 1 aromatic heterocycles. The van der Waals surface area contributed by atoms with Gasteiger partial charge in [0, 0.05) is 43.9 Å². The smallest absolute Gasteiger partial charge is 0.271 e. The molecule has 1 aliphatic rings. The Kier molecular flexibility index (Phi) is 6.36. The highest BCUT2D eigenvalue weighted by molar-refractivity contribution is 7.89. The maximum absolute atomic E-state index is 12.8. The summed E-state index contributed by atoms with van der Waals surface area (Å²) in [5.41, 5.74) is 5.30. The minimum absolute atomic E-state index is 0.0339. The molecule has 3 N–H and O–H groups in total. The SMILES string of the molecule is CCn1cc(NC(=O)C2CCN(S(=O)(=O)c3ccc([N+](=O)[O-])cc3)CC2)c(C(N)=O)n1. The Morgan fingerprint density at radius 1 is 1.26 bits per heavy atom. The Hall–Kier alpha value is -3.32. The maximum atomic E-state index is 12.8. The number of benzene rings is 1. The lowest BCUT2D eigenvalue weighted by molar-refractivity contribution is -0.384. The number of anilines is 1. The number of sulfonamides is 1. The average Bonchev–Trinajstić information content (AvgIpc) is 3.17. The molecule has 0 spiro atoms. The van der Waals surface area contributed by atoms with Crippen molar-refractivity contribution in [2.24, 2.45) is 11.7 Å². The van der Waals surface area contributed by atoms with E-state index in [-0.39, 0.29) is 53.8 Å². The second-order valence-electron chi connectivity index (χ2n) is 7.03. The molecule has 166 valence electrons. The van der Waals surface area contributed by atoms with Crippen LogP contribution in [0, 0.1) is 16.0 Å². The van der Waals surface area contributed by atoms with E-state index >= 15 is 0 Å². The summed E-state index contributed by atoms with van der Waals surface area (Å²) in [6.45, 7) is 2.56. The molecular formula is C18H22N6O6S. The Balaban J connectivity index is 1.65. The van der Waals surface area contributed by atoms with Crippen LogP contribution in [0.1, 0.15) is 30.3 Å². The first-order valence-electron chi connectivity index (χ1n) is 9.56. The molecule has 12 nitrogen and oxygen atoms in total. The Morgan fingerprint density at radius 3 is 2.39 bits per heavy atom. The zero-order valence-electron chi connectivity index (χ0n) is 16.7. The minimum Gasteiger partial charge on any atom is -0.364 e. The van der Waals surface area contributed by atoms with E-state index in [2.05, 4.69) is 10.4 Å². The van der Waals surface area contributed by atoms with Gasteiger partial charge in [0.2, 0.25) is 15.9 Å². The maximum Gasteiger partial charge on any atom is 0.271 e. The van der Waals surface area contributed by atoms with Gasteiger partial charge >= 0.3 is 0 Å². The molecule has 2 heterocycles. The van der Waals surface area contributed by atoms with Crippen molar-refractivity contribution < 1.29 is 22.9 Å². The van der Waals surface area contributed by atoms with Gasteiger partial charge in [-0.25, -0.2) is 8.42 Å².